The first-order valence-electron chi connectivity index (χ1n) is 11.6. The molecule has 0 bridgehead atoms. The SMILES string of the molecule is CCN(CC)C(=O)Oc1ccc2c(ccn2Cc2ccccc2Cl)c1NC(=O)CCCC(=O)OC. The van der Waals surface area contributed by atoms with Crippen molar-refractivity contribution in [2.45, 2.75) is 39.7 Å². The van der Waals surface area contributed by atoms with E-state index in [-0.39, 0.29) is 30.5 Å². The number of nitrogens with zero attached hydrogens (tertiary/aromatic N) is 2. The molecule has 0 aliphatic carbocycles. The quantitative estimate of drug-likeness (QED) is 0.374. The molecule has 2 aromatic carbocycles. The van der Waals surface area contributed by atoms with E-state index in [0.29, 0.717) is 36.8 Å². The molecule has 1 aromatic heterocycles. The van der Waals surface area contributed by atoms with E-state index in [1.54, 1.807) is 11.0 Å². The predicted octanol–water partition coefficient (Wildman–Crippen LogP) is 5.47. The van der Waals surface area contributed by atoms with Gasteiger partial charge in [0.05, 0.1) is 18.3 Å². The Bertz CT molecular complexity index is 1200. The topological polar surface area (TPSA) is 89.9 Å². The average Bonchev–Trinajstić information content (AvgIpc) is 3.25. The van der Waals surface area contributed by atoms with Crippen LogP contribution < -0.4 is 10.1 Å². The summed E-state index contributed by atoms with van der Waals surface area (Å²) < 4.78 is 12.3. The van der Waals surface area contributed by atoms with Gasteiger partial charge in [0.1, 0.15) is 0 Å². The molecule has 0 radical (unpaired) electrons. The smallest absolute Gasteiger partial charge is 0.415 e. The van der Waals surface area contributed by atoms with Crippen LogP contribution >= 0.6 is 11.6 Å². The van der Waals surface area contributed by atoms with Crippen LogP contribution in [0.5, 0.6) is 5.75 Å². The van der Waals surface area contributed by atoms with Crippen LogP contribution in [0.15, 0.2) is 48.7 Å². The van der Waals surface area contributed by atoms with Gasteiger partial charge in [0.2, 0.25) is 5.91 Å². The summed E-state index contributed by atoms with van der Waals surface area (Å²) in [7, 11) is 1.31. The molecule has 9 heteroatoms. The Labute approximate surface area is 209 Å². The Kier molecular flexibility index (Phi) is 9.14. The minimum Gasteiger partial charge on any atom is -0.469 e. The number of ether oxygens (including phenoxy) is 2. The molecule has 186 valence electrons. The number of amides is 2. The second kappa shape index (κ2) is 12.3. The lowest BCUT2D eigenvalue weighted by atomic mass is 10.1. The lowest BCUT2D eigenvalue weighted by molar-refractivity contribution is -0.140. The zero-order chi connectivity index (χ0) is 25.4. The molecular formula is C26H30ClN3O5. The zero-order valence-electron chi connectivity index (χ0n) is 20.2. The number of methoxy groups -OCH3 is 1. The van der Waals surface area contributed by atoms with Gasteiger partial charge in [0.15, 0.2) is 5.75 Å². The maximum Gasteiger partial charge on any atom is 0.415 e. The number of aromatic nitrogens is 1. The highest BCUT2D eigenvalue weighted by Gasteiger charge is 2.20. The van der Waals surface area contributed by atoms with Crippen molar-refractivity contribution in [3.05, 3.63) is 59.2 Å². The summed E-state index contributed by atoms with van der Waals surface area (Å²) >= 11 is 6.35. The molecular weight excluding hydrogens is 470 g/mol. The summed E-state index contributed by atoms with van der Waals surface area (Å²) in [6.45, 7) is 5.27. The molecule has 0 unspecified atom stereocenters. The number of anilines is 1. The third-order valence-corrected chi connectivity index (χ3v) is 6.08. The largest absolute Gasteiger partial charge is 0.469 e. The first-order chi connectivity index (χ1) is 16.9. The molecule has 0 aliphatic rings. The molecule has 0 fully saturated rings. The van der Waals surface area contributed by atoms with Gasteiger partial charge in [-0.05, 0) is 50.1 Å². The van der Waals surface area contributed by atoms with Gasteiger partial charge in [-0.15, -0.1) is 0 Å². The van der Waals surface area contributed by atoms with E-state index in [0.717, 1.165) is 16.5 Å². The van der Waals surface area contributed by atoms with Crippen LogP contribution in [-0.4, -0.2) is 47.6 Å². The monoisotopic (exact) mass is 499 g/mol. The van der Waals surface area contributed by atoms with Crippen LogP contribution in [0.4, 0.5) is 10.5 Å². The first kappa shape index (κ1) is 26.1. The predicted molar refractivity (Wildman–Crippen MR) is 136 cm³/mol. The van der Waals surface area contributed by atoms with Gasteiger partial charge in [-0.25, -0.2) is 4.79 Å². The molecule has 0 saturated heterocycles. The number of benzene rings is 2. The summed E-state index contributed by atoms with van der Waals surface area (Å²) in [5.74, 6) is -0.406. The molecule has 8 nitrogen and oxygen atoms in total. The fraction of sp³-hybridized carbons (Fsp3) is 0.346. The van der Waals surface area contributed by atoms with Crippen LogP contribution in [0.3, 0.4) is 0 Å². The number of hydrogen-bond donors (Lipinski definition) is 1. The summed E-state index contributed by atoms with van der Waals surface area (Å²) in [6.07, 6.45) is 2.01. The van der Waals surface area contributed by atoms with Crippen molar-refractivity contribution in [3.8, 4) is 5.75 Å². The van der Waals surface area contributed by atoms with E-state index in [1.165, 1.54) is 7.11 Å². The van der Waals surface area contributed by atoms with Crippen LogP contribution in [0, 0.1) is 0 Å². The number of halogens is 1. The van der Waals surface area contributed by atoms with Gasteiger partial charge in [0.25, 0.3) is 0 Å². The summed E-state index contributed by atoms with van der Waals surface area (Å²) in [5, 5.41) is 4.28. The minimum atomic E-state index is -0.494. The number of hydrogen-bond acceptors (Lipinski definition) is 5. The van der Waals surface area contributed by atoms with Crippen molar-refractivity contribution < 1.29 is 23.9 Å². The highest BCUT2D eigenvalue weighted by molar-refractivity contribution is 6.31. The number of nitrogens with one attached hydrogen (secondary N) is 1. The highest BCUT2D eigenvalue weighted by Crippen LogP contribution is 2.35. The second-order valence-electron chi connectivity index (χ2n) is 7.92. The first-order valence-corrected chi connectivity index (χ1v) is 11.9. The Morgan fingerprint density at radius 1 is 1.03 bits per heavy atom. The molecule has 35 heavy (non-hydrogen) atoms. The molecule has 1 heterocycles. The lowest BCUT2D eigenvalue weighted by Crippen LogP contribution is -2.33. The van der Waals surface area contributed by atoms with Crippen LogP contribution in [-0.2, 0) is 20.9 Å². The van der Waals surface area contributed by atoms with Gasteiger partial charge >= 0.3 is 12.1 Å². The van der Waals surface area contributed by atoms with Crippen molar-refractivity contribution in [2.24, 2.45) is 0 Å². The van der Waals surface area contributed by atoms with Crippen molar-refractivity contribution in [1.82, 2.24) is 9.47 Å². The van der Waals surface area contributed by atoms with E-state index in [4.69, 9.17) is 16.3 Å². The number of fused-ring (bicyclic) bond motifs is 1. The molecule has 1 N–H and O–H groups in total. The van der Waals surface area contributed by atoms with Crippen molar-refractivity contribution in [2.75, 3.05) is 25.5 Å². The molecule has 3 rings (SSSR count). The highest BCUT2D eigenvalue weighted by atomic mass is 35.5. The minimum absolute atomic E-state index is 0.120. The standard InChI is InChI=1S/C26H30ClN3O5/c1-4-29(5-2)26(33)35-22-14-13-21-19(25(22)28-23(31)11-8-12-24(32)34-3)15-16-30(21)17-18-9-6-7-10-20(18)27/h6-7,9-10,13-16H,4-5,8,11-12,17H2,1-3H3,(H,28,31). The maximum absolute atomic E-state index is 12.7. The van der Waals surface area contributed by atoms with Gasteiger partial charge in [0, 0.05) is 49.1 Å². The number of carbonyl (C=O) groups excluding carboxylic acids is 3. The summed E-state index contributed by atoms with van der Waals surface area (Å²) in [6, 6.07) is 13.0. The fourth-order valence-corrected chi connectivity index (χ4v) is 3.95. The maximum atomic E-state index is 12.7. The van der Waals surface area contributed by atoms with Gasteiger partial charge in [-0.1, -0.05) is 29.8 Å². The Balaban J connectivity index is 1.92. The molecule has 0 atom stereocenters. The van der Waals surface area contributed by atoms with E-state index >= 15 is 0 Å². The van der Waals surface area contributed by atoms with Gasteiger partial charge < -0.3 is 24.3 Å². The number of carbonyl (C=O) groups is 3. The second-order valence-corrected chi connectivity index (χ2v) is 8.33. The normalized spacial score (nSPS) is 10.7. The van der Waals surface area contributed by atoms with Crippen molar-refractivity contribution in [1.29, 1.82) is 0 Å². The van der Waals surface area contributed by atoms with Crippen LogP contribution in [0.25, 0.3) is 10.9 Å². The third kappa shape index (κ3) is 6.54. The van der Waals surface area contributed by atoms with Gasteiger partial charge in [-0.2, -0.15) is 0 Å². The Morgan fingerprint density at radius 3 is 2.46 bits per heavy atom. The lowest BCUT2D eigenvalue weighted by Gasteiger charge is -2.20. The van der Waals surface area contributed by atoms with E-state index in [2.05, 4.69) is 10.1 Å². The van der Waals surface area contributed by atoms with E-state index in [1.807, 2.05) is 61.0 Å². The molecule has 0 spiro atoms. The van der Waals surface area contributed by atoms with Crippen molar-refractivity contribution in [3.63, 3.8) is 0 Å². The zero-order valence-corrected chi connectivity index (χ0v) is 20.9. The summed E-state index contributed by atoms with van der Waals surface area (Å²) in [4.78, 5) is 38.3. The van der Waals surface area contributed by atoms with E-state index < -0.39 is 6.09 Å². The molecule has 0 saturated carbocycles. The Hall–Kier alpha value is -3.52. The van der Waals surface area contributed by atoms with E-state index in [9.17, 15) is 14.4 Å². The third-order valence-electron chi connectivity index (χ3n) is 5.71. The molecule has 3 aromatic rings. The molecule has 2 amide bonds. The molecule has 0 aliphatic heterocycles. The van der Waals surface area contributed by atoms with Crippen LogP contribution in [0.2, 0.25) is 5.02 Å². The van der Waals surface area contributed by atoms with Crippen molar-refractivity contribution >= 4 is 46.2 Å². The summed E-state index contributed by atoms with van der Waals surface area (Å²) in [5.41, 5.74) is 2.21. The van der Waals surface area contributed by atoms with Gasteiger partial charge in [-0.3, -0.25) is 9.59 Å². The number of esters is 1. The fourth-order valence-electron chi connectivity index (χ4n) is 3.75. The average molecular weight is 500 g/mol. The van der Waals surface area contributed by atoms with Crippen LogP contribution in [0.1, 0.15) is 38.7 Å². The Morgan fingerprint density at radius 2 is 1.77 bits per heavy atom. The number of rotatable bonds is 10.